The topological polar surface area (TPSA) is 20.2 Å². The number of hydrogen-bond donors (Lipinski definition) is 1. The molecule has 74 valence electrons. The highest BCUT2D eigenvalue weighted by Gasteiger charge is 2.68. The molecule has 0 aromatic rings. The normalized spacial score (nSPS) is 19.0. The van der Waals surface area contributed by atoms with Crippen molar-refractivity contribution in [3.63, 3.8) is 0 Å². The number of hydrogen-bond acceptors (Lipinski definition) is 1. The minimum atomic E-state index is -4.96. The molecule has 12 heavy (non-hydrogen) atoms. The van der Waals surface area contributed by atoms with Gasteiger partial charge in [0.05, 0.1) is 0 Å². The predicted molar refractivity (Wildman–Crippen MR) is 32.5 cm³/mol. The van der Waals surface area contributed by atoms with Gasteiger partial charge < -0.3 is 5.11 Å². The van der Waals surface area contributed by atoms with Gasteiger partial charge in [0.25, 0.3) is 0 Å². The van der Waals surface area contributed by atoms with Crippen molar-refractivity contribution in [1.82, 2.24) is 0 Å². The van der Waals surface area contributed by atoms with Gasteiger partial charge in [-0.2, -0.15) is 17.6 Å². The summed E-state index contributed by atoms with van der Waals surface area (Å²) in [6, 6.07) is 0. The fourth-order valence-corrected chi connectivity index (χ4v) is 0.505. The van der Waals surface area contributed by atoms with Crippen molar-refractivity contribution < 1.29 is 27.1 Å². The molecular formula is C4H3Cl2F5O. The van der Waals surface area contributed by atoms with Crippen LogP contribution < -0.4 is 0 Å². The molecule has 0 fully saturated rings. The largest absolute Gasteiger partial charge is 0.390 e. The lowest BCUT2D eigenvalue weighted by atomic mass is 10.2. The Morgan fingerprint density at radius 2 is 1.33 bits per heavy atom. The van der Waals surface area contributed by atoms with E-state index < -0.39 is 23.0 Å². The molecule has 0 aliphatic carbocycles. The standard InChI is InChI=1S/C4H3Cl2F5O/c5-3(9,4(6,10)11)2(7,8)1-12/h12H,1H2. The number of aliphatic hydroxyl groups excluding tert-OH is 1. The molecule has 0 radical (unpaired) electrons. The van der Waals surface area contributed by atoms with Crippen LogP contribution >= 0.6 is 23.2 Å². The van der Waals surface area contributed by atoms with Crippen LogP contribution in [0.25, 0.3) is 0 Å². The molecule has 1 unspecified atom stereocenters. The minimum absolute atomic E-state index is 2.16. The molecule has 0 aromatic carbocycles. The van der Waals surface area contributed by atoms with Crippen LogP contribution in [-0.4, -0.2) is 28.1 Å². The first-order valence-corrected chi connectivity index (χ1v) is 3.25. The summed E-state index contributed by atoms with van der Waals surface area (Å²) < 4.78 is 60.3. The van der Waals surface area contributed by atoms with E-state index in [4.69, 9.17) is 5.11 Å². The van der Waals surface area contributed by atoms with E-state index in [0.717, 1.165) is 0 Å². The van der Waals surface area contributed by atoms with E-state index in [1.165, 1.54) is 0 Å². The van der Waals surface area contributed by atoms with Gasteiger partial charge in [0.1, 0.15) is 6.61 Å². The second-order valence-corrected chi connectivity index (χ2v) is 2.93. The van der Waals surface area contributed by atoms with Crippen LogP contribution in [0.5, 0.6) is 0 Å². The first-order valence-electron chi connectivity index (χ1n) is 2.49. The molecule has 0 amide bonds. The molecule has 8 heteroatoms. The maximum atomic E-state index is 12.3. The maximum Gasteiger partial charge on any atom is 0.375 e. The quantitative estimate of drug-likeness (QED) is 0.585. The van der Waals surface area contributed by atoms with Crippen molar-refractivity contribution >= 4 is 23.2 Å². The van der Waals surface area contributed by atoms with Crippen molar-refractivity contribution in [2.75, 3.05) is 6.61 Å². The summed E-state index contributed by atoms with van der Waals surface area (Å²) in [5.74, 6) is -4.81. The lowest BCUT2D eigenvalue weighted by Gasteiger charge is -2.29. The van der Waals surface area contributed by atoms with Gasteiger partial charge in [0.2, 0.25) is 0 Å². The number of aliphatic hydroxyl groups is 1. The zero-order valence-corrected chi connectivity index (χ0v) is 6.81. The Labute approximate surface area is 74.1 Å². The average molecular weight is 233 g/mol. The minimum Gasteiger partial charge on any atom is -0.390 e. The zero-order valence-electron chi connectivity index (χ0n) is 5.30. The fraction of sp³-hybridized carbons (Fsp3) is 1.00. The molecule has 0 saturated heterocycles. The van der Waals surface area contributed by atoms with E-state index in [9.17, 15) is 22.0 Å². The Hall–Kier alpha value is 0.190. The second kappa shape index (κ2) is 3.16. The summed E-state index contributed by atoms with van der Waals surface area (Å²) in [7, 11) is 0. The third-order valence-electron chi connectivity index (χ3n) is 1.01. The maximum absolute atomic E-state index is 12.3. The fourth-order valence-electron chi connectivity index (χ4n) is 0.307. The number of alkyl halides is 7. The van der Waals surface area contributed by atoms with Crippen LogP contribution in [-0.2, 0) is 0 Å². The van der Waals surface area contributed by atoms with Crippen molar-refractivity contribution in [2.45, 2.75) is 16.4 Å². The van der Waals surface area contributed by atoms with Gasteiger partial charge in [0.15, 0.2) is 0 Å². The molecule has 1 N–H and O–H groups in total. The molecule has 1 atom stereocenters. The van der Waals surface area contributed by atoms with Gasteiger partial charge in [-0.1, -0.05) is 11.6 Å². The third kappa shape index (κ3) is 1.92. The smallest absolute Gasteiger partial charge is 0.375 e. The summed E-state index contributed by atoms with van der Waals surface area (Å²) in [6.07, 6.45) is 0. The molecule has 0 aromatic heterocycles. The van der Waals surface area contributed by atoms with Crippen LogP contribution in [0.15, 0.2) is 0 Å². The summed E-state index contributed by atoms with van der Waals surface area (Å²) in [5, 5.41) is -1.93. The van der Waals surface area contributed by atoms with Crippen LogP contribution in [0.1, 0.15) is 0 Å². The van der Waals surface area contributed by atoms with Crippen LogP contribution in [0, 0.1) is 0 Å². The Balaban J connectivity index is 4.85. The molecular weight excluding hydrogens is 230 g/mol. The SMILES string of the molecule is OCC(F)(F)C(F)(Cl)C(F)(F)Cl. The summed E-state index contributed by atoms with van der Waals surface area (Å²) in [6.45, 7) is -2.16. The Morgan fingerprint density at radius 1 is 1.00 bits per heavy atom. The Bertz CT molecular complexity index is 165. The monoisotopic (exact) mass is 232 g/mol. The third-order valence-corrected chi connectivity index (χ3v) is 1.88. The summed E-state index contributed by atoms with van der Waals surface area (Å²) >= 11 is 8.10. The first-order chi connectivity index (χ1) is 5.06. The summed E-state index contributed by atoms with van der Waals surface area (Å²) in [5.41, 5.74) is 0. The van der Waals surface area contributed by atoms with E-state index in [1.807, 2.05) is 0 Å². The van der Waals surface area contributed by atoms with Crippen molar-refractivity contribution in [3.8, 4) is 0 Å². The van der Waals surface area contributed by atoms with Crippen molar-refractivity contribution in [1.29, 1.82) is 0 Å². The van der Waals surface area contributed by atoms with Gasteiger partial charge in [-0.15, -0.1) is 0 Å². The molecule has 0 spiro atoms. The van der Waals surface area contributed by atoms with Crippen molar-refractivity contribution in [2.24, 2.45) is 0 Å². The van der Waals surface area contributed by atoms with E-state index in [2.05, 4.69) is 23.2 Å². The zero-order chi connectivity index (χ0) is 10.2. The summed E-state index contributed by atoms with van der Waals surface area (Å²) in [4.78, 5) is 0. The van der Waals surface area contributed by atoms with Crippen LogP contribution in [0.2, 0.25) is 0 Å². The molecule has 0 aliphatic heterocycles. The predicted octanol–water partition coefficient (Wildman–Crippen LogP) is 2.35. The molecule has 0 bridgehead atoms. The van der Waals surface area contributed by atoms with E-state index in [1.54, 1.807) is 0 Å². The lowest BCUT2D eigenvalue weighted by molar-refractivity contribution is -0.187. The van der Waals surface area contributed by atoms with Gasteiger partial charge >= 0.3 is 16.4 Å². The average Bonchev–Trinajstić information content (AvgIpc) is 1.85. The van der Waals surface area contributed by atoms with Gasteiger partial charge in [-0.25, -0.2) is 4.39 Å². The highest BCUT2D eigenvalue weighted by molar-refractivity contribution is 6.33. The van der Waals surface area contributed by atoms with E-state index in [0.29, 0.717) is 0 Å². The van der Waals surface area contributed by atoms with E-state index >= 15 is 0 Å². The molecule has 0 rings (SSSR count). The van der Waals surface area contributed by atoms with Gasteiger partial charge in [-0.3, -0.25) is 0 Å². The van der Waals surface area contributed by atoms with Gasteiger partial charge in [0, 0.05) is 0 Å². The van der Waals surface area contributed by atoms with E-state index in [-0.39, 0.29) is 0 Å². The first kappa shape index (κ1) is 12.2. The number of halogens is 7. The lowest BCUT2D eigenvalue weighted by Crippen LogP contribution is -2.52. The van der Waals surface area contributed by atoms with Crippen LogP contribution in [0.4, 0.5) is 22.0 Å². The second-order valence-electron chi connectivity index (χ2n) is 1.93. The molecule has 0 aliphatic rings. The molecule has 1 nitrogen and oxygen atoms in total. The van der Waals surface area contributed by atoms with Gasteiger partial charge in [-0.05, 0) is 11.6 Å². The van der Waals surface area contributed by atoms with Crippen molar-refractivity contribution in [3.05, 3.63) is 0 Å². The highest BCUT2D eigenvalue weighted by Crippen LogP contribution is 2.49. The Kier molecular flexibility index (Phi) is 3.21. The van der Waals surface area contributed by atoms with Crippen LogP contribution in [0.3, 0.4) is 0 Å². The molecule has 0 saturated carbocycles. The molecule has 0 heterocycles. The highest BCUT2D eigenvalue weighted by atomic mass is 35.5. The Morgan fingerprint density at radius 3 is 1.42 bits per heavy atom. The number of rotatable bonds is 3.